The Morgan fingerprint density at radius 1 is 1.32 bits per heavy atom. The van der Waals surface area contributed by atoms with Gasteiger partial charge >= 0.3 is 5.97 Å². The molecule has 0 fully saturated rings. The number of likely N-dealkylation sites (N-methyl/N-ethyl adjacent to an activating group) is 1. The minimum Gasteiger partial charge on any atom is -0.455 e. The molecular formula is C14H20N2O3. The third-order valence-corrected chi connectivity index (χ3v) is 2.91. The van der Waals surface area contributed by atoms with Crippen LogP contribution in [0.25, 0.3) is 0 Å². The molecule has 0 aliphatic carbocycles. The molecule has 0 saturated carbocycles. The van der Waals surface area contributed by atoms with Gasteiger partial charge in [0.05, 0.1) is 6.42 Å². The van der Waals surface area contributed by atoms with Crippen molar-refractivity contribution in [1.29, 1.82) is 0 Å². The summed E-state index contributed by atoms with van der Waals surface area (Å²) in [6, 6.07) is 7.16. The lowest BCUT2D eigenvalue weighted by atomic mass is 10.1. The molecule has 1 aromatic carbocycles. The molecule has 0 spiro atoms. The maximum absolute atomic E-state index is 11.6. The Bertz CT molecular complexity index is 458. The van der Waals surface area contributed by atoms with Gasteiger partial charge in [-0.2, -0.15) is 0 Å². The number of hydrogen-bond donors (Lipinski definition) is 1. The van der Waals surface area contributed by atoms with Crippen LogP contribution in [0.3, 0.4) is 0 Å². The quantitative estimate of drug-likeness (QED) is 0.641. The van der Waals surface area contributed by atoms with Crippen molar-refractivity contribution in [3.8, 4) is 0 Å². The second-order valence-electron chi connectivity index (χ2n) is 4.63. The molecule has 5 heteroatoms. The Balaban J connectivity index is 2.45. The Labute approximate surface area is 113 Å². The van der Waals surface area contributed by atoms with Crippen molar-refractivity contribution in [1.82, 2.24) is 4.90 Å². The van der Waals surface area contributed by atoms with Crippen LogP contribution in [0.2, 0.25) is 0 Å². The van der Waals surface area contributed by atoms with Gasteiger partial charge in [-0.25, -0.2) is 0 Å². The first-order valence-electron chi connectivity index (χ1n) is 6.16. The number of amides is 1. The smallest absolute Gasteiger partial charge is 0.310 e. The molecule has 0 aliphatic heterocycles. The summed E-state index contributed by atoms with van der Waals surface area (Å²) in [5.74, 6) is -0.673. The molecule has 1 aromatic rings. The van der Waals surface area contributed by atoms with Crippen LogP contribution >= 0.6 is 0 Å². The van der Waals surface area contributed by atoms with E-state index in [-0.39, 0.29) is 25.0 Å². The van der Waals surface area contributed by atoms with Gasteiger partial charge in [0.25, 0.3) is 5.91 Å². The standard InChI is InChI=1S/C14H20N2O3/c1-10(2)16(3)13(17)9-19-14(18)8-11-6-4-5-7-12(11)15/h4-7,10H,8-9,15H2,1-3H3. The van der Waals surface area contributed by atoms with Crippen LogP contribution < -0.4 is 5.73 Å². The number of ether oxygens (including phenoxy) is 1. The predicted octanol–water partition coefficient (Wildman–Crippen LogP) is 1.22. The van der Waals surface area contributed by atoms with Crippen LogP contribution in [0.15, 0.2) is 24.3 Å². The van der Waals surface area contributed by atoms with Gasteiger partial charge in [0.1, 0.15) is 0 Å². The topological polar surface area (TPSA) is 72.6 Å². The summed E-state index contributed by atoms with van der Waals surface area (Å²) < 4.78 is 4.95. The van der Waals surface area contributed by atoms with E-state index >= 15 is 0 Å². The summed E-state index contributed by atoms with van der Waals surface area (Å²) in [6.45, 7) is 3.55. The molecule has 19 heavy (non-hydrogen) atoms. The lowest BCUT2D eigenvalue weighted by Gasteiger charge is -2.21. The fraction of sp³-hybridized carbons (Fsp3) is 0.429. The highest BCUT2D eigenvalue weighted by atomic mass is 16.5. The number of hydrogen-bond acceptors (Lipinski definition) is 4. The van der Waals surface area contributed by atoms with Crippen LogP contribution in [0.1, 0.15) is 19.4 Å². The van der Waals surface area contributed by atoms with Crippen molar-refractivity contribution in [2.24, 2.45) is 0 Å². The summed E-state index contributed by atoms with van der Waals surface area (Å²) in [5.41, 5.74) is 6.98. The highest BCUT2D eigenvalue weighted by Crippen LogP contribution is 2.11. The van der Waals surface area contributed by atoms with Crippen LogP contribution in [0, 0.1) is 0 Å². The number of nitrogen functional groups attached to an aromatic ring is 1. The minimum atomic E-state index is -0.455. The first-order valence-corrected chi connectivity index (χ1v) is 6.16. The van der Waals surface area contributed by atoms with E-state index < -0.39 is 5.97 Å². The van der Waals surface area contributed by atoms with Crippen molar-refractivity contribution in [3.63, 3.8) is 0 Å². The van der Waals surface area contributed by atoms with E-state index in [1.165, 1.54) is 4.90 Å². The lowest BCUT2D eigenvalue weighted by Crippen LogP contribution is -2.36. The molecule has 0 aliphatic rings. The molecular weight excluding hydrogens is 244 g/mol. The highest BCUT2D eigenvalue weighted by Gasteiger charge is 2.15. The van der Waals surface area contributed by atoms with E-state index in [4.69, 9.17) is 10.5 Å². The SMILES string of the molecule is CC(C)N(C)C(=O)COC(=O)Cc1ccccc1N. The Morgan fingerprint density at radius 2 is 1.95 bits per heavy atom. The largest absolute Gasteiger partial charge is 0.455 e. The number of carbonyl (C=O) groups excluding carboxylic acids is 2. The van der Waals surface area contributed by atoms with Crippen molar-refractivity contribution in [2.75, 3.05) is 19.4 Å². The molecule has 104 valence electrons. The van der Waals surface area contributed by atoms with E-state index in [0.717, 1.165) is 0 Å². The second-order valence-corrected chi connectivity index (χ2v) is 4.63. The molecule has 5 nitrogen and oxygen atoms in total. The molecule has 0 saturated heterocycles. The summed E-state index contributed by atoms with van der Waals surface area (Å²) in [4.78, 5) is 24.8. The predicted molar refractivity (Wildman–Crippen MR) is 73.4 cm³/mol. The minimum absolute atomic E-state index is 0.0747. The molecule has 1 rings (SSSR count). The number of benzene rings is 1. The van der Waals surface area contributed by atoms with E-state index in [9.17, 15) is 9.59 Å². The van der Waals surface area contributed by atoms with Crippen molar-refractivity contribution in [2.45, 2.75) is 26.3 Å². The Hall–Kier alpha value is -2.04. The summed E-state index contributed by atoms with van der Waals surface area (Å²) in [7, 11) is 1.68. The lowest BCUT2D eigenvalue weighted by molar-refractivity contribution is -0.151. The van der Waals surface area contributed by atoms with Gasteiger partial charge in [-0.05, 0) is 25.5 Å². The van der Waals surface area contributed by atoms with Crippen molar-refractivity contribution < 1.29 is 14.3 Å². The van der Waals surface area contributed by atoms with E-state index in [0.29, 0.717) is 11.3 Å². The first-order chi connectivity index (χ1) is 8.91. The molecule has 1 amide bonds. The molecule has 0 radical (unpaired) electrons. The van der Waals surface area contributed by atoms with E-state index in [1.54, 1.807) is 31.3 Å². The zero-order chi connectivity index (χ0) is 14.4. The number of para-hydroxylation sites is 1. The molecule has 0 heterocycles. The van der Waals surface area contributed by atoms with Crippen LogP contribution in [0.4, 0.5) is 5.69 Å². The van der Waals surface area contributed by atoms with Crippen molar-refractivity contribution in [3.05, 3.63) is 29.8 Å². The summed E-state index contributed by atoms with van der Waals surface area (Å²) in [5, 5.41) is 0. The normalized spacial score (nSPS) is 10.3. The maximum atomic E-state index is 11.6. The number of nitrogens with zero attached hydrogens (tertiary/aromatic N) is 1. The summed E-state index contributed by atoms with van der Waals surface area (Å²) in [6.07, 6.45) is 0.0747. The van der Waals surface area contributed by atoms with Gasteiger partial charge in [0, 0.05) is 18.8 Å². The zero-order valence-corrected chi connectivity index (χ0v) is 11.6. The second kappa shape index (κ2) is 6.78. The van der Waals surface area contributed by atoms with E-state index in [2.05, 4.69) is 0 Å². The highest BCUT2D eigenvalue weighted by molar-refractivity contribution is 5.81. The van der Waals surface area contributed by atoms with Gasteiger partial charge in [0.2, 0.25) is 0 Å². The monoisotopic (exact) mass is 264 g/mol. The van der Waals surface area contributed by atoms with Crippen molar-refractivity contribution >= 4 is 17.6 Å². The van der Waals surface area contributed by atoms with Crippen LogP contribution in [-0.2, 0) is 20.7 Å². The average molecular weight is 264 g/mol. The first kappa shape index (κ1) is 15.0. The number of esters is 1. The number of rotatable bonds is 5. The Kier molecular flexibility index (Phi) is 5.36. The van der Waals surface area contributed by atoms with E-state index in [1.807, 2.05) is 13.8 Å². The van der Waals surface area contributed by atoms with Gasteiger partial charge in [0.15, 0.2) is 6.61 Å². The Morgan fingerprint density at radius 3 is 2.53 bits per heavy atom. The molecule has 0 bridgehead atoms. The number of carbonyl (C=O) groups is 2. The fourth-order valence-electron chi connectivity index (χ4n) is 1.43. The average Bonchev–Trinajstić information content (AvgIpc) is 2.37. The molecule has 0 atom stereocenters. The fourth-order valence-corrected chi connectivity index (χ4v) is 1.43. The van der Waals surface area contributed by atoms with Gasteiger partial charge in [-0.1, -0.05) is 18.2 Å². The molecule has 0 unspecified atom stereocenters. The van der Waals surface area contributed by atoms with Gasteiger partial charge < -0.3 is 15.4 Å². The van der Waals surface area contributed by atoms with Crippen LogP contribution in [-0.4, -0.2) is 36.5 Å². The summed E-state index contributed by atoms with van der Waals surface area (Å²) >= 11 is 0. The number of nitrogens with two attached hydrogens (primary N) is 1. The van der Waals surface area contributed by atoms with Gasteiger partial charge in [-0.3, -0.25) is 9.59 Å². The molecule has 0 aromatic heterocycles. The zero-order valence-electron chi connectivity index (χ0n) is 11.6. The maximum Gasteiger partial charge on any atom is 0.310 e. The van der Waals surface area contributed by atoms with Gasteiger partial charge in [-0.15, -0.1) is 0 Å². The number of anilines is 1. The van der Waals surface area contributed by atoms with Crippen LogP contribution in [0.5, 0.6) is 0 Å². The third kappa shape index (κ3) is 4.62. The molecule has 2 N–H and O–H groups in total. The third-order valence-electron chi connectivity index (χ3n) is 2.91.